The van der Waals surface area contributed by atoms with Crippen molar-refractivity contribution in [1.82, 2.24) is 10.9 Å². The fraction of sp³-hybridized carbons (Fsp3) is 0.667. The molecule has 0 aromatic rings. The predicted octanol–water partition coefficient (Wildman–Crippen LogP) is 0.0411. The van der Waals surface area contributed by atoms with Gasteiger partial charge in [0.05, 0.1) is 5.49 Å². The fourth-order valence-corrected chi connectivity index (χ4v) is 1.14. The summed E-state index contributed by atoms with van der Waals surface area (Å²) in [6, 6.07) is 0. The largest absolute Gasteiger partial charge is 0.316 e. The monoisotopic (exact) mass is 231 g/mol. The molecule has 0 saturated heterocycles. The van der Waals surface area contributed by atoms with Crippen molar-refractivity contribution in [2.24, 2.45) is 5.73 Å². The number of aldehydes is 1. The fourth-order valence-electron chi connectivity index (χ4n) is 1.08. The Morgan fingerprint density at radius 3 is 2.73 bits per heavy atom. The second kappa shape index (κ2) is 7.44. The van der Waals surface area contributed by atoms with Crippen molar-refractivity contribution in [3.05, 3.63) is 0 Å². The van der Waals surface area contributed by atoms with Crippen LogP contribution in [0.1, 0.15) is 32.6 Å². The number of carbonyl (C=O) groups is 2. The number of hydrogen-bond donors (Lipinski definition) is 3. The minimum absolute atomic E-state index is 0.129. The van der Waals surface area contributed by atoms with Gasteiger partial charge in [-0.05, 0) is 12.8 Å². The maximum absolute atomic E-state index is 11.7. The molecule has 6 heteroatoms. The van der Waals surface area contributed by atoms with Gasteiger partial charge in [0.15, 0.2) is 5.78 Å². The summed E-state index contributed by atoms with van der Waals surface area (Å²) in [5.41, 5.74) is 11.2. The van der Waals surface area contributed by atoms with Gasteiger partial charge in [-0.1, -0.05) is 19.1 Å². The number of rotatable bonds is 9. The van der Waals surface area contributed by atoms with Gasteiger partial charge in [-0.15, -0.1) is 0 Å². The first-order chi connectivity index (χ1) is 7.10. The third-order valence-electron chi connectivity index (χ3n) is 2.14. The highest BCUT2D eigenvalue weighted by molar-refractivity contribution is 7.78. The molecule has 0 rings (SSSR count). The molecule has 0 radical (unpaired) electrons. The second-order valence-corrected chi connectivity index (χ2v) is 3.43. The van der Waals surface area contributed by atoms with Gasteiger partial charge in [0.25, 0.3) is 0 Å². The normalized spacial score (nSPS) is 14.0. The smallest absolute Gasteiger partial charge is 0.168 e. The Morgan fingerprint density at radius 1 is 1.60 bits per heavy atom. The lowest BCUT2D eigenvalue weighted by Gasteiger charge is -2.27. The van der Waals surface area contributed by atoms with Gasteiger partial charge in [-0.25, -0.2) is 5.43 Å². The van der Waals surface area contributed by atoms with E-state index in [1.54, 1.807) is 6.92 Å². The average molecular weight is 231 g/mol. The minimum atomic E-state index is -1.11. The van der Waals surface area contributed by atoms with Crippen molar-refractivity contribution in [1.29, 1.82) is 0 Å². The van der Waals surface area contributed by atoms with E-state index < -0.39 is 5.66 Å². The van der Waals surface area contributed by atoms with E-state index in [0.29, 0.717) is 19.3 Å². The zero-order valence-electron chi connectivity index (χ0n) is 8.79. The molecule has 0 saturated carbocycles. The standard InChI is InChI=1S/C9H17N3O2S/c1-2-9(10,12-11-7-15)8(14)5-3-4-6-13/h6-7,12H,2-5,10H2,1H3,(H,11,15). The number of Topliss-reactive ketones (excluding diaryl/α,β-unsaturated/α-hetero) is 1. The van der Waals surface area contributed by atoms with Crippen LogP contribution >= 0.6 is 12.2 Å². The van der Waals surface area contributed by atoms with Gasteiger partial charge in [-0.3, -0.25) is 4.79 Å². The molecule has 15 heavy (non-hydrogen) atoms. The van der Waals surface area contributed by atoms with Crippen molar-refractivity contribution in [3.63, 3.8) is 0 Å². The third kappa shape index (κ3) is 4.96. The van der Waals surface area contributed by atoms with Gasteiger partial charge in [0, 0.05) is 12.8 Å². The maximum atomic E-state index is 11.7. The molecule has 1 atom stereocenters. The van der Waals surface area contributed by atoms with Gasteiger partial charge < -0.3 is 16.0 Å². The van der Waals surface area contributed by atoms with Crippen LogP contribution in [0.3, 0.4) is 0 Å². The molecule has 5 nitrogen and oxygen atoms in total. The highest BCUT2D eigenvalue weighted by Gasteiger charge is 2.30. The Kier molecular flexibility index (Phi) is 7.02. The van der Waals surface area contributed by atoms with Crippen LogP contribution in [0.4, 0.5) is 0 Å². The van der Waals surface area contributed by atoms with Crippen LogP contribution in [0.15, 0.2) is 0 Å². The number of nitrogens with two attached hydrogens (primary N) is 1. The molecule has 0 spiro atoms. The van der Waals surface area contributed by atoms with Crippen LogP contribution in [-0.4, -0.2) is 23.2 Å². The van der Waals surface area contributed by atoms with E-state index in [-0.39, 0.29) is 12.2 Å². The second-order valence-electron chi connectivity index (χ2n) is 3.19. The summed E-state index contributed by atoms with van der Waals surface area (Å²) in [6.45, 7) is 1.80. The molecular weight excluding hydrogens is 214 g/mol. The van der Waals surface area contributed by atoms with Crippen molar-refractivity contribution >= 4 is 29.8 Å². The predicted molar refractivity (Wildman–Crippen MR) is 62.1 cm³/mol. The maximum Gasteiger partial charge on any atom is 0.168 e. The van der Waals surface area contributed by atoms with Gasteiger partial charge in [0.1, 0.15) is 11.9 Å². The van der Waals surface area contributed by atoms with Crippen LogP contribution in [0.25, 0.3) is 0 Å². The molecule has 0 aliphatic heterocycles. The first kappa shape index (κ1) is 14.2. The van der Waals surface area contributed by atoms with E-state index in [2.05, 4.69) is 23.1 Å². The lowest BCUT2D eigenvalue weighted by molar-refractivity contribution is -0.126. The third-order valence-corrected chi connectivity index (χ3v) is 2.25. The van der Waals surface area contributed by atoms with Crippen molar-refractivity contribution in [2.75, 3.05) is 0 Å². The Morgan fingerprint density at radius 2 is 2.27 bits per heavy atom. The molecule has 0 heterocycles. The molecule has 0 amide bonds. The van der Waals surface area contributed by atoms with E-state index in [0.717, 1.165) is 6.29 Å². The Hall–Kier alpha value is -0.850. The number of unbranched alkanes of at least 4 members (excludes halogenated alkanes) is 1. The van der Waals surface area contributed by atoms with Crippen LogP contribution in [0.5, 0.6) is 0 Å². The average Bonchev–Trinajstić information content (AvgIpc) is 2.26. The highest BCUT2D eigenvalue weighted by Crippen LogP contribution is 2.08. The van der Waals surface area contributed by atoms with E-state index in [1.807, 2.05) is 0 Å². The van der Waals surface area contributed by atoms with Crippen molar-refractivity contribution in [3.8, 4) is 0 Å². The van der Waals surface area contributed by atoms with Crippen LogP contribution < -0.4 is 16.6 Å². The summed E-state index contributed by atoms with van der Waals surface area (Å²) < 4.78 is 0. The van der Waals surface area contributed by atoms with Gasteiger partial charge in [-0.2, -0.15) is 0 Å². The van der Waals surface area contributed by atoms with Crippen LogP contribution in [-0.2, 0) is 9.59 Å². The summed E-state index contributed by atoms with van der Waals surface area (Å²) >= 11 is 4.55. The molecule has 86 valence electrons. The Bertz CT molecular complexity index is 235. The number of nitrogens with one attached hydrogen (secondary N) is 2. The quantitative estimate of drug-likeness (QED) is 0.171. The van der Waals surface area contributed by atoms with Crippen LogP contribution in [0, 0.1) is 0 Å². The molecule has 0 aromatic carbocycles. The zero-order chi connectivity index (χ0) is 11.7. The molecule has 0 aromatic heterocycles. The van der Waals surface area contributed by atoms with E-state index in [4.69, 9.17) is 5.73 Å². The lowest BCUT2D eigenvalue weighted by Crippen LogP contribution is -2.63. The molecule has 4 N–H and O–H groups in total. The zero-order valence-corrected chi connectivity index (χ0v) is 9.60. The number of carbonyl (C=O) groups excluding carboxylic acids is 2. The van der Waals surface area contributed by atoms with E-state index in [9.17, 15) is 9.59 Å². The Labute approximate surface area is 94.8 Å². The van der Waals surface area contributed by atoms with E-state index >= 15 is 0 Å². The molecular formula is C9H17N3O2S. The summed E-state index contributed by atoms with van der Waals surface area (Å²) in [4.78, 5) is 21.8. The van der Waals surface area contributed by atoms with Crippen molar-refractivity contribution in [2.45, 2.75) is 38.3 Å². The summed E-state index contributed by atoms with van der Waals surface area (Å²) in [6.07, 6.45) is 2.44. The van der Waals surface area contributed by atoms with Gasteiger partial charge >= 0.3 is 0 Å². The number of ketones is 1. The Balaban J connectivity index is 4.17. The van der Waals surface area contributed by atoms with Gasteiger partial charge in [0.2, 0.25) is 0 Å². The minimum Gasteiger partial charge on any atom is -0.316 e. The SMILES string of the molecule is CCC(N)(NNC=S)C(=O)CCCC=O. The molecule has 0 aliphatic rings. The number of hydrogen-bond acceptors (Lipinski definition) is 5. The molecule has 0 aliphatic carbocycles. The summed E-state index contributed by atoms with van der Waals surface area (Å²) in [7, 11) is 0. The molecule has 1 unspecified atom stereocenters. The molecule has 0 bridgehead atoms. The first-order valence-corrected chi connectivity index (χ1v) is 5.30. The summed E-state index contributed by atoms with van der Waals surface area (Å²) in [5.74, 6) is -0.129. The topological polar surface area (TPSA) is 84.2 Å². The lowest BCUT2D eigenvalue weighted by atomic mass is 9.99. The van der Waals surface area contributed by atoms with Crippen molar-refractivity contribution < 1.29 is 9.59 Å². The number of hydrazine groups is 1. The first-order valence-electron chi connectivity index (χ1n) is 4.83. The number of thiocarbonyl (C=S) groups is 1. The van der Waals surface area contributed by atoms with E-state index in [1.165, 1.54) is 5.49 Å². The summed E-state index contributed by atoms with van der Waals surface area (Å²) in [5, 5.41) is 0. The van der Waals surface area contributed by atoms with Crippen LogP contribution in [0.2, 0.25) is 0 Å². The highest BCUT2D eigenvalue weighted by atomic mass is 32.1. The molecule has 0 fully saturated rings.